The van der Waals surface area contributed by atoms with Gasteiger partial charge < -0.3 is 122 Å². The number of carbonyl (C=O) groups excluding carboxylic acids is 5. The van der Waals surface area contributed by atoms with E-state index in [0.717, 1.165) is 38.1 Å². The smallest absolute Gasteiger partial charge is 0.491 e. The number of alkyl halides is 7. The minimum absolute atomic E-state index is 0.0291. The molecule has 0 aromatic carbocycles. The van der Waals surface area contributed by atoms with Gasteiger partial charge in [-0.3, -0.25) is 4.79 Å². The lowest BCUT2D eigenvalue weighted by Crippen LogP contribution is -2.52. The number of hydrogen-bond acceptors (Lipinski definition) is 33. The summed E-state index contributed by atoms with van der Waals surface area (Å²) in [4.78, 5) is 64.3. The summed E-state index contributed by atoms with van der Waals surface area (Å²) in [5.41, 5.74) is 1.12. The van der Waals surface area contributed by atoms with Gasteiger partial charge >= 0.3 is 65.3 Å². The molecule has 0 aromatic rings. The van der Waals surface area contributed by atoms with Crippen molar-refractivity contribution in [3.63, 3.8) is 0 Å². The van der Waals surface area contributed by atoms with Crippen LogP contribution >= 0.6 is 11.6 Å². The number of ether oxygens (including phenoxy) is 21. The molecule has 0 radical (unpaired) electrons. The maximum absolute atomic E-state index is 11.7. The number of rotatable bonds is 77. The van der Waals surface area contributed by atoms with Crippen molar-refractivity contribution in [1.82, 2.24) is 0 Å². The SMILES string of the molecule is C=C(C)C(=O)OCCOCC(OCCC[Si](C)(C)O[Si](C)(C)O[Si](C)(C)CCCC)C(C)OCCOCC.C=C(C)C(=O)OCCO[CH+]CC(CC(C)OCCOCC)OCCOC(=O)C(C)C.C=COCCCl.C=COCCOC(=O)C(=C)C.C=COCCOCC.CCCC[Si](C)(C)O[Si](C)(C)O[Si](C)(C)CCCO.CCO.CCOCCOC(C)OC(=O)C(F)(F)F.C[CH+]OCCOCC.O=C(O)C(F)(F)F. The minimum Gasteiger partial charge on any atom is -0.501 e. The molecule has 0 amide bonds. The molecule has 862 valence electrons. The number of aliphatic hydroxyl groups is 2. The number of carboxylic acid groups (broad SMARTS) is 1. The van der Waals surface area contributed by atoms with E-state index in [1.54, 1.807) is 61.7 Å². The van der Waals surface area contributed by atoms with Crippen molar-refractivity contribution in [3.8, 4) is 0 Å². The number of carbonyl (C=O) groups is 6. The lowest BCUT2D eigenvalue weighted by Gasteiger charge is -2.39. The number of unbranched alkanes of at least 4 members (excludes halogenated alkanes) is 2. The maximum atomic E-state index is 11.7. The van der Waals surface area contributed by atoms with E-state index < -0.39 is 98.9 Å². The Labute approximate surface area is 879 Å². The molecule has 3 N–H and O–H groups in total. The van der Waals surface area contributed by atoms with Gasteiger partial charge in [-0.15, -0.1) is 11.6 Å². The van der Waals surface area contributed by atoms with Crippen LogP contribution in [0.4, 0.5) is 26.3 Å². The fourth-order valence-electron chi connectivity index (χ4n) is 10.8. The third kappa shape index (κ3) is 127. The Bertz CT molecular complexity index is 3070. The molecule has 0 heterocycles. The molecule has 0 bridgehead atoms. The summed E-state index contributed by atoms with van der Waals surface area (Å²) in [5, 5.41) is 23.7. The van der Waals surface area contributed by atoms with Gasteiger partial charge in [0.25, 0.3) is 0 Å². The highest BCUT2D eigenvalue weighted by molar-refractivity contribution is 6.88. The Morgan fingerprint density at radius 3 is 1.12 bits per heavy atom. The van der Waals surface area contributed by atoms with Crippen LogP contribution in [-0.2, 0) is 145 Å². The topological polar surface area (TPSA) is 394 Å². The number of aliphatic carboxylic acids is 1. The zero-order chi connectivity index (χ0) is 114. The first-order chi connectivity index (χ1) is 67.6. The van der Waals surface area contributed by atoms with Crippen molar-refractivity contribution in [1.29, 1.82) is 0 Å². The summed E-state index contributed by atoms with van der Waals surface area (Å²) in [6.07, 6.45) is 0.0274. The first-order valence-corrected chi connectivity index (χ1v) is 68.1. The van der Waals surface area contributed by atoms with Gasteiger partial charge in [-0.25, -0.2) is 24.0 Å². The monoisotopic (exact) mass is 2230 g/mol. The maximum Gasteiger partial charge on any atom is 0.491 e. The first-order valence-electron chi connectivity index (χ1n) is 49.5. The van der Waals surface area contributed by atoms with Crippen molar-refractivity contribution in [3.05, 3.63) is 88.2 Å². The quantitative estimate of drug-likeness (QED) is 0.00486. The third-order valence-corrected chi connectivity index (χ3v) is 40.0. The summed E-state index contributed by atoms with van der Waals surface area (Å²) in [6, 6.07) is 4.42. The third-order valence-electron chi connectivity index (χ3n) is 16.9. The van der Waals surface area contributed by atoms with Gasteiger partial charge in [-0.2, -0.15) is 35.8 Å². The molecular formula is C98H195ClF6O34Si6+2. The molecule has 0 spiro atoms. The minimum atomic E-state index is -5.08. The standard InChI is InChI=1S/C27H58O8Si3.C22H39O8.C13H34O3Si3.C8H13F3O4.C8H12O3.C6H13O2.C6H12O2.C4H7ClO.C2HF3O2.C2H6O/c1-12-14-21-36(6,7)34-38(10,11)35-37(8,9)22-15-16-32-26(25(5)31-19-17-29-13-2)23-30-18-20-33-27(28)24(3)4;1-7-25-10-12-27-19(6)16-20(28-14-15-30-22(24)18(4)5)8-9-26-11-13-29-21(23)17(2)3;1-8-9-12-17(2,3)15-19(6,7)16-18(4,5)13-10-11-14;1-3-13-4-5-14-6(2)15-7(12)8(9,10)11;1-4-10-5-6-11-8(9)7(2)3;2*1-3-7-5-6-8-4-2;1-2-6-4-3-5;3-2(4,5)1(6)7;1-2-3/h25-26H,3,12-23H2,1-2,4-11H3;9,18-20H,2,7-8,10-16H2,1,3-6H3;14H,8-13H2,1-7H3;6H,3-5H2,1-2H3;4H,1-2,5-6H2,3H3;3H,4-6H2,1-2H3;3H,1,4-6H2,2H3;2H,1,3-4H2;(H,6,7);3H,2H2,1H3/q;+1;;;;+1;;;;. The van der Waals surface area contributed by atoms with Crippen LogP contribution in [0.15, 0.2) is 75.0 Å². The van der Waals surface area contributed by atoms with Crippen molar-refractivity contribution < 1.29 is 186 Å². The lowest BCUT2D eigenvalue weighted by molar-refractivity contribution is -0.224. The highest BCUT2D eigenvalue weighted by atomic mass is 35.5. The number of carboxylic acids is 1. The molecule has 5 unspecified atom stereocenters. The number of hydrogen-bond donors (Lipinski definition) is 3. The molecule has 0 rings (SSSR count). The van der Waals surface area contributed by atoms with E-state index in [1.807, 2.05) is 48.5 Å². The molecule has 0 saturated carbocycles. The van der Waals surface area contributed by atoms with Crippen LogP contribution in [0.25, 0.3) is 0 Å². The molecule has 0 aromatic heterocycles. The number of esters is 5. The number of halogens is 7. The van der Waals surface area contributed by atoms with Crippen LogP contribution in [0.2, 0.25) is 103 Å². The summed E-state index contributed by atoms with van der Waals surface area (Å²) in [7, 11) is -11.1. The second kappa shape index (κ2) is 105. The molecule has 0 fully saturated rings. The molecule has 34 nitrogen and oxygen atoms in total. The predicted molar refractivity (Wildman–Crippen MR) is 570 cm³/mol. The highest BCUT2D eigenvalue weighted by Crippen LogP contribution is 2.29. The van der Waals surface area contributed by atoms with Gasteiger partial charge in [-0.05, 0) is 199 Å². The fourth-order valence-corrected chi connectivity index (χ4v) is 39.3. The average Bonchev–Trinajstić information content (AvgIpc) is 0.839. The Morgan fingerprint density at radius 1 is 0.421 bits per heavy atom. The molecule has 0 aliphatic heterocycles. The average molecular weight is 2240 g/mol. The first kappa shape index (κ1) is 160. The van der Waals surface area contributed by atoms with Gasteiger partial charge in [0.15, 0.2) is 33.3 Å². The Hall–Kier alpha value is -5.19. The summed E-state index contributed by atoms with van der Waals surface area (Å²) in [5.74, 6) is -6.13. The van der Waals surface area contributed by atoms with E-state index in [1.165, 1.54) is 63.5 Å². The molecule has 0 saturated heterocycles. The van der Waals surface area contributed by atoms with Crippen LogP contribution in [0.1, 0.15) is 169 Å². The predicted octanol–water partition coefficient (Wildman–Crippen LogP) is 20.9. The summed E-state index contributed by atoms with van der Waals surface area (Å²) >= 11 is 5.21. The van der Waals surface area contributed by atoms with Crippen LogP contribution in [-0.4, -0.2) is 335 Å². The fraction of sp³-hybridized carbons (Fsp3) is 0.796. The van der Waals surface area contributed by atoms with Gasteiger partial charge in [0.2, 0.25) is 19.5 Å². The molecule has 5 atom stereocenters. The van der Waals surface area contributed by atoms with Crippen LogP contribution < -0.4 is 0 Å². The molecule has 0 aliphatic carbocycles. The van der Waals surface area contributed by atoms with Crippen molar-refractivity contribution in [2.24, 2.45) is 5.92 Å². The Balaban J connectivity index is -0.000000189. The Kier molecular flexibility index (Phi) is 115. The lowest BCUT2D eigenvalue weighted by atomic mass is 10.1. The van der Waals surface area contributed by atoms with Crippen molar-refractivity contribution in [2.75, 3.05) is 191 Å². The van der Waals surface area contributed by atoms with Gasteiger partial charge in [-0.1, -0.05) is 92.9 Å². The van der Waals surface area contributed by atoms with E-state index in [2.05, 4.69) is 141 Å². The van der Waals surface area contributed by atoms with Crippen molar-refractivity contribution >= 4 is 97.8 Å². The second-order valence-corrected chi connectivity index (χ2v) is 59.9. The van der Waals surface area contributed by atoms with E-state index in [9.17, 15) is 50.3 Å². The second-order valence-electron chi connectivity index (χ2n) is 34.6. The molecule has 0 aliphatic rings. The van der Waals surface area contributed by atoms with Crippen molar-refractivity contribution in [2.45, 2.75) is 315 Å². The highest BCUT2D eigenvalue weighted by Gasteiger charge is 2.43. The largest absolute Gasteiger partial charge is 0.501 e. The normalized spacial score (nSPS) is 12.3. The van der Waals surface area contributed by atoms with E-state index >= 15 is 0 Å². The summed E-state index contributed by atoms with van der Waals surface area (Å²) < 4.78 is 201. The summed E-state index contributed by atoms with van der Waals surface area (Å²) in [6.45, 7) is 94.3. The van der Waals surface area contributed by atoms with Gasteiger partial charge in [0.05, 0.1) is 115 Å². The molecule has 145 heavy (non-hydrogen) atoms. The molecular weight excluding hydrogens is 2040 g/mol. The van der Waals surface area contributed by atoms with E-state index in [4.69, 9.17) is 138 Å². The number of aliphatic hydroxyl groups excluding tert-OH is 2. The van der Waals surface area contributed by atoms with Gasteiger partial charge in [0.1, 0.15) is 85.0 Å². The van der Waals surface area contributed by atoms with Crippen LogP contribution in [0.5, 0.6) is 0 Å². The van der Waals surface area contributed by atoms with E-state index in [-0.39, 0.29) is 102 Å². The van der Waals surface area contributed by atoms with E-state index in [0.29, 0.717) is 141 Å². The van der Waals surface area contributed by atoms with Gasteiger partial charge in [0, 0.05) is 76.0 Å². The van der Waals surface area contributed by atoms with Crippen LogP contribution in [0.3, 0.4) is 0 Å². The Morgan fingerprint density at radius 2 is 0.759 bits per heavy atom. The zero-order valence-corrected chi connectivity index (χ0v) is 100. The zero-order valence-electron chi connectivity index (χ0n) is 93.7. The molecule has 47 heteroatoms. The van der Waals surface area contributed by atoms with Crippen LogP contribution in [0, 0.1) is 19.1 Å².